The van der Waals surface area contributed by atoms with Crippen molar-refractivity contribution in [3.8, 4) is 0 Å². The number of benzene rings is 2. The maximum atomic E-state index is 13.6. The number of morpholine rings is 1. The first-order chi connectivity index (χ1) is 18.4. The van der Waals surface area contributed by atoms with E-state index in [9.17, 15) is 14.4 Å². The highest BCUT2D eigenvalue weighted by atomic mass is 35.5. The molecule has 8 nitrogen and oxygen atoms in total. The van der Waals surface area contributed by atoms with Crippen LogP contribution in [0.15, 0.2) is 48.5 Å². The van der Waals surface area contributed by atoms with Crippen molar-refractivity contribution in [3.63, 3.8) is 0 Å². The van der Waals surface area contributed by atoms with Crippen molar-refractivity contribution in [3.05, 3.63) is 64.7 Å². The van der Waals surface area contributed by atoms with E-state index in [0.29, 0.717) is 36.1 Å². The summed E-state index contributed by atoms with van der Waals surface area (Å²) < 4.78 is 11.7. The Kier molecular flexibility index (Phi) is 8.86. The van der Waals surface area contributed by atoms with E-state index in [2.05, 4.69) is 19.2 Å². The zero-order chi connectivity index (χ0) is 28.3. The Morgan fingerprint density at radius 1 is 1.13 bits per heavy atom. The van der Waals surface area contributed by atoms with Gasteiger partial charge in [-0.2, -0.15) is 0 Å². The minimum atomic E-state index is -0.945. The molecule has 0 radical (unpaired) electrons. The van der Waals surface area contributed by atoms with Crippen molar-refractivity contribution in [2.45, 2.75) is 77.2 Å². The summed E-state index contributed by atoms with van der Waals surface area (Å²) in [6, 6.07) is 14.9. The molecule has 2 fully saturated rings. The summed E-state index contributed by atoms with van der Waals surface area (Å²) in [7, 11) is 0. The Balaban J connectivity index is 1.47. The van der Waals surface area contributed by atoms with Crippen LogP contribution < -0.4 is 5.32 Å². The molecule has 9 heteroatoms. The Bertz CT molecular complexity index is 1190. The molecule has 0 bridgehead atoms. The number of hydrogen-bond donors (Lipinski definition) is 1. The summed E-state index contributed by atoms with van der Waals surface area (Å²) in [6.45, 7) is 10.7. The number of anilines is 1. The highest BCUT2D eigenvalue weighted by Gasteiger charge is 2.49. The number of rotatable bonds is 7. The molecule has 39 heavy (non-hydrogen) atoms. The summed E-state index contributed by atoms with van der Waals surface area (Å²) in [5, 5.41) is 3.51. The summed E-state index contributed by atoms with van der Waals surface area (Å²) in [6.07, 6.45) is -1.34. The first-order valence-corrected chi connectivity index (χ1v) is 13.9. The summed E-state index contributed by atoms with van der Waals surface area (Å²) in [4.78, 5) is 42.7. The third kappa shape index (κ3) is 7.51. The normalized spacial score (nSPS) is 21.2. The van der Waals surface area contributed by atoms with Gasteiger partial charge in [-0.15, -0.1) is 0 Å². The van der Waals surface area contributed by atoms with Crippen LogP contribution in [0.5, 0.6) is 0 Å². The number of nitrogens with zero attached hydrogens (tertiary/aromatic N) is 2. The standard InChI is InChI=1S/C30H38ClN3O5/c1-19(2)21-9-11-23(12-10-21)32-27(35)16-25-28(36)34(14-13-20-7-6-8-22(31)15-20)24-17-33(18-26(24)38-25)29(37)39-30(3,4)5/h6-12,15,19,24-26H,13-14,16-18H2,1-5H3,(H,32,35). The van der Waals surface area contributed by atoms with Crippen LogP contribution in [0.25, 0.3) is 0 Å². The number of ether oxygens (including phenoxy) is 2. The molecule has 2 aliphatic rings. The van der Waals surface area contributed by atoms with Crippen LogP contribution in [0, 0.1) is 0 Å². The fourth-order valence-corrected chi connectivity index (χ4v) is 5.18. The van der Waals surface area contributed by atoms with Crippen molar-refractivity contribution < 1.29 is 23.9 Å². The van der Waals surface area contributed by atoms with Gasteiger partial charge in [0.25, 0.3) is 5.91 Å². The molecular weight excluding hydrogens is 518 g/mol. The lowest BCUT2D eigenvalue weighted by atomic mass is 10.0. The number of likely N-dealkylation sites (tertiary alicyclic amines) is 1. The second-order valence-corrected chi connectivity index (χ2v) is 12.0. The van der Waals surface area contributed by atoms with Gasteiger partial charge in [0, 0.05) is 23.8 Å². The number of carbonyl (C=O) groups is 3. The van der Waals surface area contributed by atoms with Crippen LogP contribution in [0.1, 0.15) is 58.1 Å². The average Bonchev–Trinajstić information content (AvgIpc) is 3.27. The van der Waals surface area contributed by atoms with Crippen molar-refractivity contribution in [2.75, 3.05) is 25.0 Å². The summed E-state index contributed by atoms with van der Waals surface area (Å²) in [5.74, 6) is -0.170. The van der Waals surface area contributed by atoms with Crippen LogP contribution in [0.2, 0.25) is 5.02 Å². The molecule has 4 rings (SSSR count). The molecule has 3 atom stereocenters. The van der Waals surface area contributed by atoms with Crippen molar-refractivity contribution >= 4 is 35.2 Å². The van der Waals surface area contributed by atoms with E-state index in [0.717, 1.165) is 5.56 Å². The second-order valence-electron chi connectivity index (χ2n) is 11.6. The molecule has 2 aliphatic heterocycles. The van der Waals surface area contributed by atoms with Gasteiger partial charge in [0.05, 0.1) is 25.1 Å². The molecule has 3 amide bonds. The highest BCUT2D eigenvalue weighted by Crippen LogP contribution is 2.30. The minimum Gasteiger partial charge on any atom is -0.444 e. The molecule has 3 unspecified atom stereocenters. The Morgan fingerprint density at radius 2 is 1.85 bits per heavy atom. The van der Waals surface area contributed by atoms with Crippen molar-refractivity contribution in [1.29, 1.82) is 0 Å². The van der Waals surface area contributed by atoms with Gasteiger partial charge < -0.3 is 24.6 Å². The Labute approximate surface area is 235 Å². The third-order valence-corrected chi connectivity index (χ3v) is 7.18. The van der Waals surface area contributed by atoms with E-state index in [-0.39, 0.29) is 30.8 Å². The first kappa shape index (κ1) is 28.9. The Morgan fingerprint density at radius 3 is 2.49 bits per heavy atom. The predicted octanol–water partition coefficient (Wildman–Crippen LogP) is 5.25. The SMILES string of the molecule is CC(C)c1ccc(NC(=O)CC2OC3CN(C(=O)OC(C)(C)C)CC3N(CCc3cccc(Cl)c3)C2=O)cc1. The number of halogens is 1. The summed E-state index contributed by atoms with van der Waals surface area (Å²) >= 11 is 6.16. The van der Waals surface area contributed by atoms with Gasteiger partial charge in [0.1, 0.15) is 11.7 Å². The van der Waals surface area contributed by atoms with Crippen molar-refractivity contribution in [1.82, 2.24) is 9.80 Å². The number of carbonyl (C=O) groups excluding carboxylic acids is 3. The average molecular weight is 556 g/mol. The molecule has 2 heterocycles. The van der Waals surface area contributed by atoms with Crippen LogP contribution in [0.3, 0.4) is 0 Å². The molecule has 2 saturated heterocycles. The highest BCUT2D eigenvalue weighted by molar-refractivity contribution is 6.30. The quantitative estimate of drug-likeness (QED) is 0.504. The lowest BCUT2D eigenvalue weighted by Crippen LogP contribution is -2.59. The van der Waals surface area contributed by atoms with Gasteiger partial charge in [-0.1, -0.05) is 49.7 Å². The number of amides is 3. The van der Waals surface area contributed by atoms with Gasteiger partial charge in [0.2, 0.25) is 5.91 Å². The van der Waals surface area contributed by atoms with Crippen molar-refractivity contribution in [2.24, 2.45) is 0 Å². The zero-order valence-corrected chi connectivity index (χ0v) is 24.0. The first-order valence-electron chi connectivity index (χ1n) is 13.5. The number of nitrogens with one attached hydrogen (secondary N) is 1. The van der Waals surface area contributed by atoms with Gasteiger partial charge >= 0.3 is 6.09 Å². The van der Waals surface area contributed by atoms with Gasteiger partial charge in [-0.05, 0) is 68.5 Å². The summed E-state index contributed by atoms with van der Waals surface area (Å²) in [5.41, 5.74) is 2.21. The molecule has 210 valence electrons. The third-order valence-electron chi connectivity index (χ3n) is 6.95. The molecule has 0 aliphatic carbocycles. The molecule has 2 aromatic rings. The number of fused-ring (bicyclic) bond motifs is 1. The fourth-order valence-electron chi connectivity index (χ4n) is 4.97. The zero-order valence-electron chi connectivity index (χ0n) is 23.3. The van der Waals surface area contributed by atoms with Gasteiger partial charge in [-0.3, -0.25) is 9.59 Å². The smallest absolute Gasteiger partial charge is 0.410 e. The maximum Gasteiger partial charge on any atom is 0.410 e. The molecule has 0 saturated carbocycles. The molecule has 0 spiro atoms. The van der Waals surface area contributed by atoms with Crippen LogP contribution in [-0.2, 0) is 25.5 Å². The van der Waals surface area contributed by atoms with Crippen LogP contribution in [0.4, 0.5) is 10.5 Å². The fraction of sp³-hybridized carbons (Fsp3) is 0.500. The molecular formula is C30H38ClN3O5. The van der Waals surface area contributed by atoms with E-state index in [1.165, 1.54) is 5.56 Å². The van der Waals surface area contributed by atoms with E-state index in [4.69, 9.17) is 21.1 Å². The molecule has 0 aromatic heterocycles. The van der Waals surface area contributed by atoms with Crippen LogP contribution >= 0.6 is 11.6 Å². The molecule has 1 N–H and O–H groups in total. The largest absolute Gasteiger partial charge is 0.444 e. The Hall–Kier alpha value is -3.10. The maximum absolute atomic E-state index is 13.6. The molecule has 2 aromatic carbocycles. The lowest BCUT2D eigenvalue weighted by molar-refractivity contribution is -0.168. The second kappa shape index (κ2) is 12.0. The number of hydrogen-bond acceptors (Lipinski definition) is 5. The van der Waals surface area contributed by atoms with Crippen LogP contribution in [-0.4, -0.2) is 71.2 Å². The predicted molar refractivity (Wildman–Crippen MR) is 151 cm³/mol. The monoisotopic (exact) mass is 555 g/mol. The van der Waals surface area contributed by atoms with E-state index < -0.39 is 23.9 Å². The van der Waals surface area contributed by atoms with Gasteiger partial charge in [0.15, 0.2) is 0 Å². The topological polar surface area (TPSA) is 88.2 Å². The van der Waals surface area contributed by atoms with Gasteiger partial charge in [-0.25, -0.2) is 4.79 Å². The lowest BCUT2D eigenvalue weighted by Gasteiger charge is -2.40. The van der Waals surface area contributed by atoms with E-state index in [1.54, 1.807) is 9.80 Å². The minimum absolute atomic E-state index is 0.117. The van der Waals surface area contributed by atoms with E-state index >= 15 is 0 Å². The van der Waals surface area contributed by atoms with E-state index in [1.807, 2.05) is 69.3 Å².